The number of epoxide rings is 2. The molecular weight excluding hydrogens is 440 g/mol. The van der Waals surface area contributed by atoms with Crippen molar-refractivity contribution in [3.8, 4) is 0 Å². The zero-order valence-electron chi connectivity index (χ0n) is 22.7. The van der Waals surface area contributed by atoms with Crippen LogP contribution < -0.4 is 0 Å². The third-order valence-electron chi connectivity index (χ3n) is 7.46. The van der Waals surface area contributed by atoms with Gasteiger partial charge in [0.25, 0.3) is 0 Å². The standard InChI is InChI=1S/C30H50O5/c1-5-7-8-9-10-14-21-32-26(22-25-15-12-11-13-16-25)17-18-27-28(34-27)19-20-30(4)29(35-30)23-33-24(3)31-6-2/h11-13,15-16,24,26-29H,5-10,14,17-23H2,1-4H3/t24?,26?,27-,28-,29+,30+/m1/s1. The van der Waals surface area contributed by atoms with Gasteiger partial charge in [-0.2, -0.15) is 0 Å². The van der Waals surface area contributed by atoms with Crippen LogP contribution in [-0.2, 0) is 30.1 Å². The maximum Gasteiger partial charge on any atom is 0.154 e. The number of benzene rings is 1. The Bertz CT molecular complexity index is 683. The van der Waals surface area contributed by atoms with E-state index < -0.39 is 0 Å². The molecule has 0 aliphatic carbocycles. The van der Waals surface area contributed by atoms with Crippen LogP contribution in [0.3, 0.4) is 0 Å². The van der Waals surface area contributed by atoms with Gasteiger partial charge in [-0.3, -0.25) is 0 Å². The van der Waals surface area contributed by atoms with Gasteiger partial charge in [-0.25, -0.2) is 0 Å². The molecule has 2 aliphatic rings. The summed E-state index contributed by atoms with van der Waals surface area (Å²) in [5.41, 5.74) is 1.29. The minimum Gasteiger partial charge on any atom is -0.378 e. The van der Waals surface area contributed by atoms with Crippen molar-refractivity contribution in [3.05, 3.63) is 35.9 Å². The minimum absolute atomic E-state index is 0.0709. The van der Waals surface area contributed by atoms with E-state index in [0.717, 1.165) is 38.7 Å². The molecular formula is C30H50O5. The van der Waals surface area contributed by atoms with Crippen molar-refractivity contribution in [2.45, 2.75) is 135 Å². The zero-order valence-corrected chi connectivity index (χ0v) is 22.7. The van der Waals surface area contributed by atoms with Gasteiger partial charge in [0.15, 0.2) is 6.29 Å². The molecule has 1 aromatic carbocycles. The molecule has 2 heterocycles. The second kappa shape index (κ2) is 15.3. The third-order valence-corrected chi connectivity index (χ3v) is 7.46. The molecule has 2 fully saturated rings. The van der Waals surface area contributed by atoms with E-state index in [1.165, 1.54) is 44.1 Å². The molecule has 2 aliphatic heterocycles. The van der Waals surface area contributed by atoms with Crippen LogP contribution in [0, 0.1) is 0 Å². The van der Waals surface area contributed by atoms with Gasteiger partial charge in [0.1, 0.15) is 6.10 Å². The van der Waals surface area contributed by atoms with Crippen molar-refractivity contribution in [1.29, 1.82) is 0 Å². The molecule has 0 N–H and O–H groups in total. The summed E-state index contributed by atoms with van der Waals surface area (Å²) >= 11 is 0. The molecule has 2 unspecified atom stereocenters. The normalized spacial score (nSPS) is 27.0. The lowest BCUT2D eigenvalue weighted by Gasteiger charge is -2.18. The van der Waals surface area contributed by atoms with Gasteiger partial charge < -0.3 is 23.7 Å². The van der Waals surface area contributed by atoms with E-state index in [4.69, 9.17) is 23.7 Å². The van der Waals surface area contributed by atoms with Crippen LogP contribution in [0.5, 0.6) is 0 Å². The lowest BCUT2D eigenvalue weighted by atomic mass is 9.98. The highest BCUT2D eigenvalue weighted by atomic mass is 16.7. The predicted molar refractivity (Wildman–Crippen MR) is 141 cm³/mol. The van der Waals surface area contributed by atoms with Gasteiger partial charge in [0.2, 0.25) is 0 Å². The molecule has 5 nitrogen and oxygen atoms in total. The molecule has 0 saturated carbocycles. The van der Waals surface area contributed by atoms with Gasteiger partial charge in [-0.15, -0.1) is 0 Å². The lowest BCUT2D eigenvalue weighted by molar-refractivity contribution is -0.129. The Kier molecular flexibility index (Phi) is 12.5. The Morgan fingerprint density at radius 1 is 0.914 bits per heavy atom. The van der Waals surface area contributed by atoms with E-state index in [1.807, 2.05) is 13.8 Å². The van der Waals surface area contributed by atoms with Crippen molar-refractivity contribution in [2.75, 3.05) is 19.8 Å². The highest BCUT2D eigenvalue weighted by molar-refractivity contribution is 5.15. The van der Waals surface area contributed by atoms with Gasteiger partial charge in [0, 0.05) is 13.2 Å². The molecule has 0 aromatic heterocycles. The van der Waals surface area contributed by atoms with Gasteiger partial charge in [-0.1, -0.05) is 69.4 Å². The Morgan fingerprint density at radius 2 is 1.66 bits per heavy atom. The molecule has 6 atom stereocenters. The Hall–Kier alpha value is -0.980. The van der Waals surface area contributed by atoms with Gasteiger partial charge >= 0.3 is 0 Å². The number of rotatable bonds is 21. The minimum atomic E-state index is -0.170. The fraction of sp³-hybridized carbons (Fsp3) is 0.800. The van der Waals surface area contributed by atoms with Crippen LogP contribution in [-0.4, -0.2) is 56.1 Å². The SMILES string of the molecule is CCCCCCCCOC(CC[C@H]1O[C@@H]1CC[C@]1(C)O[C@H]1COC(C)OCC)Cc1ccccc1. The predicted octanol–water partition coefficient (Wildman–Crippen LogP) is 6.86. The molecule has 3 rings (SSSR count). The van der Waals surface area contributed by atoms with Crippen LogP contribution >= 0.6 is 0 Å². The average molecular weight is 491 g/mol. The zero-order chi connectivity index (χ0) is 24.9. The molecule has 0 radical (unpaired) electrons. The van der Waals surface area contributed by atoms with Crippen molar-refractivity contribution in [1.82, 2.24) is 0 Å². The Labute approximate surface area is 214 Å². The molecule has 5 heteroatoms. The first-order chi connectivity index (χ1) is 17.0. The fourth-order valence-corrected chi connectivity index (χ4v) is 4.95. The highest BCUT2D eigenvalue weighted by Crippen LogP contribution is 2.43. The van der Waals surface area contributed by atoms with E-state index in [-0.39, 0.29) is 24.1 Å². The molecule has 0 spiro atoms. The molecule has 200 valence electrons. The van der Waals surface area contributed by atoms with Crippen LogP contribution in [0.1, 0.15) is 97.5 Å². The van der Waals surface area contributed by atoms with E-state index in [0.29, 0.717) is 25.4 Å². The summed E-state index contributed by atoms with van der Waals surface area (Å²) in [5.74, 6) is 0. The second-order valence-corrected chi connectivity index (χ2v) is 10.6. The quantitative estimate of drug-likeness (QED) is 0.107. The fourth-order valence-electron chi connectivity index (χ4n) is 4.95. The van der Waals surface area contributed by atoms with Crippen molar-refractivity contribution in [3.63, 3.8) is 0 Å². The summed E-state index contributed by atoms with van der Waals surface area (Å²) in [6, 6.07) is 10.7. The summed E-state index contributed by atoms with van der Waals surface area (Å²) in [4.78, 5) is 0. The summed E-state index contributed by atoms with van der Waals surface area (Å²) in [7, 11) is 0. The van der Waals surface area contributed by atoms with Crippen LogP contribution in [0.15, 0.2) is 30.3 Å². The van der Waals surface area contributed by atoms with Crippen molar-refractivity contribution >= 4 is 0 Å². The maximum absolute atomic E-state index is 6.37. The highest BCUT2D eigenvalue weighted by Gasteiger charge is 2.53. The van der Waals surface area contributed by atoms with Crippen molar-refractivity contribution < 1.29 is 23.7 Å². The van der Waals surface area contributed by atoms with E-state index in [1.54, 1.807) is 0 Å². The number of unbranched alkanes of at least 4 members (excludes halogenated alkanes) is 5. The summed E-state index contributed by atoms with van der Waals surface area (Å²) < 4.78 is 29.5. The average Bonchev–Trinajstić information content (AvgIpc) is 3.76. The van der Waals surface area contributed by atoms with Gasteiger partial charge in [0.05, 0.1) is 30.5 Å². The van der Waals surface area contributed by atoms with Crippen LogP contribution in [0.25, 0.3) is 0 Å². The second-order valence-electron chi connectivity index (χ2n) is 10.6. The lowest BCUT2D eigenvalue weighted by Crippen LogP contribution is -2.20. The maximum atomic E-state index is 6.37. The molecule has 2 saturated heterocycles. The van der Waals surface area contributed by atoms with Crippen molar-refractivity contribution in [2.24, 2.45) is 0 Å². The monoisotopic (exact) mass is 490 g/mol. The van der Waals surface area contributed by atoms with E-state index >= 15 is 0 Å². The largest absolute Gasteiger partial charge is 0.378 e. The molecule has 0 bridgehead atoms. The Morgan fingerprint density at radius 3 is 2.43 bits per heavy atom. The van der Waals surface area contributed by atoms with Crippen LogP contribution in [0.4, 0.5) is 0 Å². The Balaban J connectivity index is 1.31. The molecule has 35 heavy (non-hydrogen) atoms. The van der Waals surface area contributed by atoms with Gasteiger partial charge in [-0.05, 0) is 64.9 Å². The third kappa shape index (κ3) is 10.9. The van der Waals surface area contributed by atoms with E-state index in [2.05, 4.69) is 44.2 Å². The molecule has 1 aromatic rings. The molecule has 0 amide bonds. The number of ether oxygens (including phenoxy) is 5. The summed E-state index contributed by atoms with van der Waals surface area (Å²) in [6.45, 7) is 10.5. The van der Waals surface area contributed by atoms with Crippen LogP contribution in [0.2, 0.25) is 0 Å². The summed E-state index contributed by atoms with van der Waals surface area (Å²) in [6.07, 6.45) is 14.0. The topological polar surface area (TPSA) is 52.8 Å². The summed E-state index contributed by atoms with van der Waals surface area (Å²) in [5, 5.41) is 0. The first-order valence-electron chi connectivity index (χ1n) is 14.3. The van der Waals surface area contributed by atoms with E-state index in [9.17, 15) is 0 Å². The number of hydrogen-bond donors (Lipinski definition) is 0. The first-order valence-corrected chi connectivity index (χ1v) is 14.3. The smallest absolute Gasteiger partial charge is 0.154 e. The first kappa shape index (κ1) is 28.6. The number of hydrogen-bond acceptors (Lipinski definition) is 5.